The van der Waals surface area contributed by atoms with Crippen molar-refractivity contribution < 1.29 is 23.9 Å². The van der Waals surface area contributed by atoms with Gasteiger partial charge in [-0.1, -0.05) is 88.4 Å². The SMILES string of the molecule is CC(C)C[C@H](NC(=O)[C@H](Cc1ccccc1)NC(=O)[C@@H](NC(=O)OCc1ccccc1)C(C)C)C(N)=O. The number of hydrogen-bond donors (Lipinski definition) is 4. The summed E-state index contributed by atoms with van der Waals surface area (Å²) in [5.74, 6) is -1.88. The normalized spacial score (nSPS) is 13.4. The Balaban J connectivity index is 2.13. The highest BCUT2D eigenvalue weighted by Gasteiger charge is 2.31. The van der Waals surface area contributed by atoms with Crippen LogP contribution in [0.25, 0.3) is 0 Å². The molecule has 0 heterocycles. The number of carbonyl (C=O) groups is 4. The molecule has 2 aromatic rings. The number of nitrogens with two attached hydrogens (primary N) is 1. The van der Waals surface area contributed by atoms with Gasteiger partial charge in [0.15, 0.2) is 0 Å². The van der Waals surface area contributed by atoms with Crippen LogP contribution < -0.4 is 21.7 Å². The van der Waals surface area contributed by atoms with E-state index < -0.39 is 41.9 Å². The Morgan fingerprint density at radius 3 is 1.81 bits per heavy atom. The first-order valence-corrected chi connectivity index (χ1v) is 12.5. The zero-order chi connectivity index (χ0) is 27.4. The molecule has 0 aromatic heterocycles. The van der Waals surface area contributed by atoms with Crippen molar-refractivity contribution >= 4 is 23.8 Å². The zero-order valence-electron chi connectivity index (χ0n) is 21.9. The van der Waals surface area contributed by atoms with Gasteiger partial charge in [0.1, 0.15) is 24.7 Å². The molecule has 9 nitrogen and oxygen atoms in total. The standard InChI is InChI=1S/C28H38N4O5/c1-18(2)15-22(25(29)33)30-26(34)23(16-20-11-7-5-8-12-20)31-27(35)24(19(3)4)32-28(36)37-17-21-13-9-6-10-14-21/h5-14,18-19,22-24H,15-17H2,1-4H3,(H2,29,33)(H,30,34)(H,31,35)(H,32,36)/t22-,23-,24-/m0/s1. The highest BCUT2D eigenvalue weighted by molar-refractivity contribution is 5.93. The molecule has 0 saturated heterocycles. The molecular weight excluding hydrogens is 472 g/mol. The van der Waals surface area contributed by atoms with Gasteiger partial charge in [-0.25, -0.2) is 4.79 Å². The molecule has 0 aliphatic heterocycles. The molecule has 0 aliphatic carbocycles. The molecule has 0 spiro atoms. The second kappa shape index (κ2) is 14.6. The van der Waals surface area contributed by atoms with Gasteiger partial charge in [0.05, 0.1) is 0 Å². The minimum absolute atomic E-state index is 0.0580. The van der Waals surface area contributed by atoms with Gasteiger partial charge in [-0.3, -0.25) is 14.4 Å². The van der Waals surface area contributed by atoms with E-state index in [1.165, 1.54) is 0 Å². The summed E-state index contributed by atoms with van der Waals surface area (Å²) in [4.78, 5) is 50.8. The summed E-state index contributed by atoms with van der Waals surface area (Å²) in [7, 11) is 0. The smallest absolute Gasteiger partial charge is 0.408 e. The molecular formula is C28H38N4O5. The van der Waals surface area contributed by atoms with Crippen molar-refractivity contribution in [3.05, 3.63) is 71.8 Å². The van der Waals surface area contributed by atoms with Gasteiger partial charge in [-0.05, 0) is 29.4 Å². The van der Waals surface area contributed by atoms with E-state index >= 15 is 0 Å². The van der Waals surface area contributed by atoms with Gasteiger partial charge in [0, 0.05) is 6.42 Å². The minimum Gasteiger partial charge on any atom is -0.445 e. The van der Waals surface area contributed by atoms with Crippen molar-refractivity contribution in [1.82, 2.24) is 16.0 Å². The Bertz CT molecular complexity index is 1030. The van der Waals surface area contributed by atoms with Crippen LogP contribution in [0.15, 0.2) is 60.7 Å². The van der Waals surface area contributed by atoms with E-state index in [1.54, 1.807) is 13.8 Å². The molecule has 200 valence electrons. The van der Waals surface area contributed by atoms with Crippen LogP contribution in [0.5, 0.6) is 0 Å². The maximum Gasteiger partial charge on any atom is 0.408 e. The van der Waals surface area contributed by atoms with Crippen LogP contribution in [0.2, 0.25) is 0 Å². The van der Waals surface area contributed by atoms with Crippen molar-refractivity contribution in [3.63, 3.8) is 0 Å². The zero-order valence-corrected chi connectivity index (χ0v) is 21.9. The summed E-state index contributed by atoms with van der Waals surface area (Å²) in [6.45, 7) is 7.45. The number of alkyl carbamates (subject to hydrolysis) is 1. The highest BCUT2D eigenvalue weighted by Crippen LogP contribution is 2.10. The van der Waals surface area contributed by atoms with Crippen molar-refractivity contribution in [2.45, 2.75) is 65.3 Å². The van der Waals surface area contributed by atoms with Crippen LogP contribution in [0, 0.1) is 11.8 Å². The Labute approximate surface area is 218 Å². The molecule has 0 unspecified atom stereocenters. The van der Waals surface area contributed by atoms with E-state index in [4.69, 9.17) is 10.5 Å². The molecule has 5 N–H and O–H groups in total. The number of primary amides is 1. The third-order valence-electron chi connectivity index (χ3n) is 5.72. The molecule has 2 rings (SSSR count). The van der Waals surface area contributed by atoms with Crippen LogP contribution >= 0.6 is 0 Å². The number of rotatable bonds is 13. The predicted molar refractivity (Wildman–Crippen MR) is 141 cm³/mol. The molecule has 2 aromatic carbocycles. The first kappa shape index (κ1) is 29.4. The molecule has 9 heteroatoms. The van der Waals surface area contributed by atoms with Gasteiger partial charge >= 0.3 is 6.09 Å². The monoisotopic (exact) mass is 510 g/mol. The Morgan fingerprint density at radius 1 is 0.757 bits per heavy atom. The molecule has 0 aliphatic rings. The number of carbonyl (C=O) groups excluding carboxylic acids is 4. The van der Waals surface area contributed by atoms with Gasteiger partial charge in [0.2, 0.25) is 17.7 Å². The summed E-state index contributed by atoms with van der Waals surface area (Å²) in [5, 5.41) is 8.03. The number of benzene rings is 2. The van der Waals surface area contributed by atoms with Crippen LogP contribution in [0.3, 0.4) is 0 Å². The lowest BCUT2D eigenvalue weighted by molar-refractivity contribution is -0.132. The topological polar surface area (TPSA) is 140 Å². The van der Waals surface area contributed by atoms with E-state index in [0.717, 1.165) is 11.1 Å². The van der Waals surface area contributed by atoms with Crippen LogP contribution in [-0.4, -0.2) is 41.9 Å². The lowest BCUT2D eigenvalue weighted by Gasteiger charge is -2.26. The van der Waals surface area contributed by atoms with E-state index in [9.17, 15) is 19.2 Å². The molecule has 0 saturated carbocycles. The van der Waals surface area contributed by atoms with E-state index in [2.05, 4.69) is 16.0 Å². The Kier molecular flexibility index (Phi) is 11.6. The molecule has 3 atom stereocenters. The largest absolute Gasteiger partial charge is 0.445 e. The van der Waals surface area contributed by atoms with Gasteiger partial charge in [0.25, 0.3) is 0 Å². The lowest BCUT2D eigenvalue weighted by Crippen LogP contribution is -2.58. The molecule has 37 heavy (non-hydrogen) atoms. The van der Waals surface area contributed by atoms with E-state index in [1.807, 2.05) is 74.5 Å². The third kappa shape index (κ3) is 10.3. The fraction of sp³-hybridized carbons (Fsp3) is 0.429. The summed E-state index contributed by atoms with van der Waals surface area (Å²) >= 11 is 0. The van der Waals surface area contributed by atoms with Gasteiger partial charge < -0.3 is 26.4 Å². The summed E-state index contributed by atoms with van der Waals surface area (Å²) < 4.78 is 5.26. The predicted octanol–water partition coefficient (Wildman–Crippen LogP) is 2.68. The number of amides is 4. The number of hydrogen-bond acceptors (Lipinski definition) is 5. The molecule has 0 fully saturated rings. The minimum atomic E-state index is -0.993. The third-order valence-corrected chi connectivity index (χ3v) is 5.72. The van der Waals surface area contributed by atoms with Gasteiger partial charge in [-0.2, -0.15) is 0 Å². The van der Waals surface area contributed by atoms with Crippen molar-refractivity contribution in [2.75, 3.05) is 0 Å². The van der Waals surface area contributed by atoms with E-state index in [-0.39, 0.29) is 24.9 Å². The fourth-order valence-corrected chi connectivity index (χ4v) is 3.74. The first-order chi connectivity index (χ1) is 17.6. The lowest BCUT2D eigenvalue weighted by atomic mass is 10.00. The van der Waals surface area contributed by atoms with Crippen LogP contribution in [0.1, 0.15) is 45.2 Å². The summed E-state index contributed by atoms with van der Waals surface area (Å²) in [5.41, 5.74) is 7.13. The average Bonchev–Trinajstić information content (AvgIpc) is 2.85. The maximum absolute atomic E-state index is 13.2. The second-order valence-electron chi connectivity index (χ2n) is 9.77. The Hall–Kier alpha value is -3.88. The number of nitrogens with one attached hydrogen (secondary N) is 3. The summed E-state index contributed by atoms with van der Waals surface area (Å²) in [6, 6.07) is 15.6. The van der Waals surface area contributed by atoms with Crippen molar-refractivity contribution in [1.29, 1.82) is 0 Å². The van der Waals surface area contributed by atoms with Crippen molar-refractivity contribution in [2.24, 2.45) is 17.6 Å². The summed E-state index contributed by atoms with van der Waals surface area (Å²) in [6.07, 6.45) is -0.182. The molecule has 4 amide bonds. The van der Waals surface area contributed by atoms with Crippen molar-refractivity contribution in [3.8, 4) is 0 Å². The first-order valence-electron chi connectivity index (χ1n) is 12.5. The average molecular weight is 511 g/mol. The molecule has 0 radical (unpaired) electrons. The quantitative estimate of drug-likeness (QED) is 0.328. The van der Waals surface area contributed by atoms with E-state index in [0.29, 0.717) is 6.42 Å². The van der Waals surface area contributed by atoms with Crippen LogP contribution in [-0.2, 0) is 32.1 Å². The Morgan fingerprint density at radius 2 is 1.30 bits per heavy atom. The van der Waals surface area contributed by atoms with Crippen LogP contribution in [0.4, 0.5) is 4.79 Å². The fourth-order valence-electron chi connectivity index (χ4n) is 3.74. The second-order valence-corrected chi connectivity index (χ2v) is 9.77. The number of ether oxygens (including phenoxy) is 1. The maximum atomic E-state index is 13.2. The highest BCUT2D eigenvalue weighted by atomic mass is 16.5. The molecule has 0 bridgehead atoms. The van der Waals surface area contributed by atoms with Gasteiger partial charge in [-0.15, -0.1) is 0 Å².